The van der Waals surface area contributed by atoms with Gasteiger partial charge in [-0.05, 0) is 24.4 Å². The molecule has 1 saturated heterocycles. The SMILES string of the molecule is NC(=O)[C@@H](N)CC(=O)N1CC(Oc2ccc(CCB(O)O)c(O)c2C(=O)O)C1. The summed E-state index contributed by atoms with van der Waals surface area (Å²) in [5.41, 5.74) is 10.3. The van der Waals surface area contributed by atoms with Gasteiger partial charge >= 0.3 is 13.1 Å². The van der Waals surface area contributed by atoms with Crippen LogP contribution in [-0.2, 0) is 16.0 Å². The maximum absolute atomic E-state index is 11.9. The first-order valence-corrected chi connectivity index (χ1v) is 8.53. The lowest BCUT2D eigenvalue weighted by atomic mass is 9.82. The minimum absolute atomic E-state index is 0.0654. The number of primary amides is 1. The van der Waals surface area contributed by atoms with Crippen molar-refractivity contribution in [1.29, 1.82) is 0 Å². The standard InChI is InChI=1S/C16H22BN3O8/c18-10(15(19)23)5-12(21)20-6-9(7-20)28-11-2-1-8(3-4-17(26)27)14(22)13(11)16(24)25/h1-2,9-10,22,26-27H,3-7,18H2,(H2,19,23)(H,24,25)/t10-/m0/s1. The second-order valence-corrected chi connectivity index (χ2v) is 6.52. The van der Waals surface area contributed by atoms with E-state index in [9.17, 15) is 24.6 Å². The molecule has 1 aromatic rings. The van der Waals surface area contributed by atoms with Crippen LogP contribution in [0, 0.1) is 0 Å². The average molecular weight is 395 g/mol. The van der Waals surface area contributed by atoms with Crippen molar-refractivity contribution < 1.29 is 39.4 Å². The van der Waals surface area contributed by atoms with Crippen molar-refractivity contribution in [3.8, 4) is 11.5 Å². The molecule has 8 N–H and O–H groups in total. The van der Waals surface area contributed by atoms with E-state index in [1.54, 1.807) is 0 Å². The van der Waals surface area contributed by atoms with Gasteiger partial charge in [-0.2, -0.15) is 0 Å². The fourth-order valence-corrected chi connectivity index (χ4v) is 2.72. The summed E-state index contributed by atoms with van der Waals surface area (Å²) >= 11 is 0. The summed E-state index contributed by atoms with van der Waals surface area (Å²) in [6.07, 6.45) is -0.721. The number of aromatic hydroxyl groups is 1. The van der Waals surface area contributed by atoms with Crippen molar-refractivity contribution in [2.75, 3.05) is 13.1 Å². The molecule has 0 spiro atoms. The molecule has 2 amide bonds. The van der Waals surface area contributed by atoms with Crippen LogP contribution in [0.4, 0.5) is 0 Å². The van der Waals surface area contributed by atoms with Gasteiger partial charge in [0.25, 0.3) is 0 Å². The first kappa shape index (κ1) is 21.5. The average Bonchev–Trinajstić information content (AvgIpc) is 2.55. The fraction of sp³-hybridized carbons (Fsp3) is 0.438. The van der Waals surface area contributed by atoms with Crippen molar-refractivity contribution in [2.24, 2.45) is 11.5 Å². The van der Waals surface area contributed by atoms with Gasteiger partial charge in [0.1, 0.15) is 23.2 Å². The lowest BCUT2D eigenvalue weighted by Crippen LogP contribution is -2.57. The molecule has 0 unspecified atom stereocenters. The highest BCUT2D eigenvalue weighted by Crippen LogP contribution is 2.34. The Hall–Kier alpha value is -2.83. The van der Waals surface area contributed by atoms with E-state index in [1.165, 1.54) is 17.0 Å². The number of likely N-dealkylation sites (tertiary alicyclic amines) is 1. The Morgan fingerprint density at radius 1 is 1.29 bits per heavy atom. The third-order valence-electron chi connectivity index (χ3n) is 4.36. The number of aromatic carboxylic acids is 1. The molecule has 0 radical (unpaired) electrons. The lowest BCUT2D eigenvalue weighted by Gasteiger charge is -2.39. The van der Waals surface area contributed by atoms with Crippen molar-refractivity contribution in [2.45, 2.75) is 31.3 Å². The minimum Gasteiger partial charge on any atom is -0.507 e. The third-order valence-corrected chi connectivity index (χ3v) is 4.36. The first-order chi connectivity index (χ1) is 13.1. The van der Waals surface area contributed by atoms with E-state index in [2.05, 4.69) is 0 Å². The van der Waals surface area contributed by atoms with Crippen LogP contribution in [0.3, 0.4) is 0 Å². The number of rotatable bonds is 9. The minimum atomic E-state index is -1.58. The molecule has 1 aliphatic rings. The molecule has 0 aromatic heterocycles. The van der Waals surface area contributed by atoms with Crippen LogP contribution in [-0.4, -0.2) is 75.3 Å². The number of nitrogens with zero attached hydrogens (tertiary/aromatic N) is 1. The van der Waals surface area contributed by atoms with Crippen molar-refractivity contribution in [1.82, 2.24) is 4.90 Å². The Bertz CT molecular complexity index is 767. The number of carbonyl (C=O) groups excluding carboxylic acids is 2. The van der Waals surface area contributed by atoms with Crippen molar-refractivity contribution in [3.05, 3.63) is 23.3 Å². The number of ether oxygens (including phenoxy) is 1. The van der Waals surface area contributed by atoms with E-state index in [4.69, 9.17) is 26.3 Å². The number of carboxylic acids is 1. The Morgan fingerprint density at radius 3 is 2.46 bits per heavy atom. The zero-order valence-corrected chi connectivity index (χ0v) is 14.9. The van der Waals surface area contributed by atoms with Crippen molar-refractivity contribution in [3.63, 3.8) is 0 Å². The smallest absolute Gasteiger partial charge is 0.451 e. The van der Waals surface area contributed by atoms with Crippen LogP contribution in [0.15, 0.2) is 12.1 Å². The Labute approximate surface area is 160 Å². The third kappa shape index (κ3) is 5.12. The molecule has 28 heavy (non-hydrogen) atoms. The van der Waals surface area contributed by atoms with Crippen LogP contribution >= 0.6 is 0 Å². The number of aryl methyl sites for hydroxylation is 1. The molecule has 11 nitrogen and oxygen atoms in total. The monoisotopic (exact) mass is 395 g/mol. The van der Waals surface area contributed by atoms with Crippen LogP contribution in [0.1, 0.15) is 22.3 Å². The largest absolute Gasteiger partial charge is 0.507 e. The van der Waals surface area contributed by atoms with Gasteiger partial charge in [0, 0.05) is 0 Å². The number of carboxylic acid groups (broad SMARTS) is 1. The van der Waals surface area contributed by atoms with E-state index in [1.807, 2.05) is 0 Å². The molecule has 2 rings (SSSR count). The van der Waals surface area contributed by atoms with Crippen LogP contribution < -0.4 is 16.2 Å². The van der Waals surface area contributed by atoms with Crippen LogP contribution in [0.25, 0.3) is 0 Å². The van der Waals surface area contributed by atoms with Crippen LogP contribution in [0.2, 0.25) is 6.32 Å². The number of carbonyl (C=O) groups is 3. The van der Waals surface area contributed by atoms with E-state index < -0.39 is 42.5 Å². The number of amides is 2. The maximum Gasteiger partial charge on any atom is 0.451 e. The summed E-state index contributed by atoms with van der Waals surface area (Å²) < 4.78 is 5.58. The molecule has 1 atom stereocenters. The van der Waals surface area contributed by atoms with Gasteiger partial charge < -0.3 is 41.4 Å². The number of hydrogen-bond acceptors (Lipinski definition) is 8. The first-order valence-electron chi connectivity index (χ1n) is 8.53. The molecule has 0 aliphatic carbocycles. The van der Waals surface area contributed by atoms with E-state index in [0.29, 0.717) is 0 Å². The highest BCUT2D eigenvalue weighted by molar-refractivity contribution is 6.41. The molecule has 12 heteroatoms. The quantitative estimate of drug-likeness (QED) is 0.254. The number of hydrogen-bond donors (Lipinski definition) is 6. The fourth-order valence-electron chi connectivity index (χ4n) is 2.72. The normalized spacial score (nSPS) is 14.9. The Morgan fingerprint density at radius 2 is 1.93 bits per heavy atom. The van der Waals surface area contributed by atoms with Crippen molar-refractivity contribution >= 4 is 24.9 Å². The van der Waals surface area contributed by atoms with E-state index >= 15 is 0 Å². The Balaban J connectivity index is 2.01. The molecule has 0 bridgehead atoms. The van der Waals surface area contributed by atoms with E-state index in [0.717, 1.165) is 0 Å². The molecule has 1 heterocycles. The number of benzene rings is 1. The van der Waals surface area contributed by atoms with Gasteiger partial charge in [0.15, 0.2) is 0 Å². The van der Waals surface area contributed by atoms with Gasteiger partial charge in [-0.1, -0.05) is 6.07 Å². The zero-order valence-electron chi connectivity index (χ0n) is 14.9. The second kappa shape index (κ2) is 8.91. The van der Waals surface area contributed by atoms with Gasteiger partial charge in [-0.3, -0.25) is 9.59 Å². The number of phenols is 1. The molecule has 1 fully saturated rings. The highest BCUT2D eigenvalue weighted by Gasteiger charge is 2.34. The maximum atomic E-state index is 11.9. The van der Waals surface area contributed by atoms with Gasteiger partial charge in [0.05, 0.1) is 25.6 Å². The molecule has 152 valence electrons. The molecule has 1 aliphatic heterocycles. The van der Waals surface area contributed by atoms with Gasteiger partial charge in [0.2, 0.25) is 11.8 Å². The topological polar surface area (TPSA) is 197 Å². The molecule has 0 saturated carbocycles. The predicted molar refractivity (Wildman–Crippen MR) is 96.6 cm³/mol. The van der Waals surface area contributed by atoms with Gasteiger partial charge in [-0.25, -0.2) is 4.79 Å². The Kier molecular flexibility index (Phi) is 6.83. The predicted octanol–water partition coefficient (Wildman–Crippen LogP) is -2.10. The second-order valence-electron chi connectivity index (χ2n) is 6.52. The molecule has 1 aromatic carbocycles. The summed E-state index contributed by atoms with van der Waals surface area (Å²) in [7, 11) is -1.58. The number of nitrogens with two attached hydrogens (primary N) is 2. The summed E-state index contributed by atoms with van der Waals surface area (Å²) in [6, 6.07) is 1.73. The summed E-state index contributed by atoms with van der Waals surface area (Å²) in [5, 5.41) is 37.4. The van der Waals surface area contributed by atoms with Crippen LogP contribution in [0.5, 0.6) is 11.5 Å². The summed E-state index contributed by atoms with van der Waals surface area (Å²) in [4.78, 5) is 35.8. The summed E-state index contributed by atoms with van der Waals surface area (Å²) in [5.74, 6) is -3.13. The van der Waals surface area contributed by atoms with Gasteiger partial charge in [-0.15, -0.1) is 0 Å². The zero-order chi connectivity index (χ0) is 21.0. The van der Waals surface area contributed by atoms with E-state index in [-0.39, 0.29) is 49.5 Å². The lowest BCUT2D eigenvalue weighted by molar-refractivity contribution is -0.141. The highest BCUT2D eigenvalue weighted by atomic mass is 16.5. The molecular formula is C16H22BN3O8. The molecular weight excluding hydrogens is 373 g/mol. The summed E-state index contributed by atoms with van der Waals surface area (Å²) in [6.45, 7) is 0.338.